The van der Waals surface area contributed by atoms with E-state index in [2.05, 4.69) is 25.3 Å². The molecule has 3 rings (SSSR count). The molecule has 0 saturated heterocycles. The monoisotopic (exact) mass is 410 g/mol. The van der Waals surface area contributed by atoms with Gasteiger partial charge >= 0.3 is 7.40 Å². The van der Waals surface area contributed by atoms with Crippen molar-refractivity contribution in [2.24, 2.45) is 7.05 Å². The van der Waals surface area contributed by atoms with Gasteiger partial charge < -0.3 is 23.4 Å². The molecule has 0 atom stereocenters. The van der Waals surface area contributed by atoms with Gasteiger partial charge in [0.1, 0.15) is 5.71 Å². The maximum atomic E-state index is 14.3. The zero-order valence-corrected chi connectivity index (χ0v) is 19.0. The molecule has 6 heteroatoms. The number of hydrogen-bond acceptors (Lipinski definition) is 1. The molecule has 0 amide bonds. The Morgan fingerprint density at radius 3 is 2.10 bits per heavy atom. The highest BCUT2D eigenvalue weighted by molar-refractivity contribution is 6.35. The summed E-state index contributed by atoms with van der Waals surface area (Å²) >= 11 is 0. The molecule has 0 spiro atoms. The number of aromatic nitrogens is 1. The molecular formula is C24H31BF2N3. The van der Waals surface area contributed by atoms with Gasteiger partial charge in [-0.05, 0) is 62.4 Å². The average molecular weight is 410 g/mol. The Kier molecular flexibility index (Phi) is 6.07. The first kappa shape index (κ1) is 22.1. The quantitative estimate of drug-likeness (QED) is 0.499. The largest absolute Gasteiger partial charge is 0.609 e. The van der Waals surface area contributed by atoms with Crippen molar-refractivity contribution < 1.29 is 13.1 Å². The molecule has 2 heterocycles. The summed E-state index contributed by atoms with van der Waals surface area (Å²) in [4.78, 5) is 0. The van der Waals surface area contributed by atoms with E-state index in [1.807, 2.05) is 45.2 Å². The van der Waals surface area contributed by atoms with Crippen LogP contribution in [0.15, 0.2) is 41.1 Å². The summed E-state index contributed by atoms with van der Waals surface area (Å²) in [7, 11) is -0.595. The minimum Gasteiger partial charge on any atom is -0.433 e. The first-order valence-electron chi connectivity index (χ1n) is 10.5. The lowest BCUT2D eigenvalue weighted by Crippen LogP contribution is -2.26. The van der Waals surface area contributed by atoms with Crippen LogP contribution in [0, 0.1) is 13.8 Å². The molecule has 1 radical (unpaired) electrons. The molecule has 0 fully saturated rings. The number of hydrogen-bond donors (Lipinski definition) is 1. The number of allylic oxidation sites excluding steroid dienone is 2. The second kappa shape index (κ2) is 8.25. The highest BCUT2D eigenvalue weighted by atomic mass is 19.2. The minimum absolute atomic E-state index is 0.593. The molecule has 0 bridgehead atoms. The van der Waals surface area contributed by atoms with Crippen LogP contribution >= 0.6 is 0 Å². The lowest BCUT2D eigenvalue weighted by atomic mass is 9.92. The molecule has 30 heavy (non-hydrogen) atoms. The molecule has 0 saturated carbocycles. The maximum absolute atomic E-state index is 14.3. The van der Waals surface area contributed by atoms with Crippen LogP contribution in [0.25, 0.3) is 5.57 Å². The van der Waals surface area contributed by atoms with Crippen molar-refractivity contribution in [3.63, 3.8) is 0 Å². The van der Waals surface area contributed by atoms with Crippen molar-refractivity contribution in [1.82, 2.24) is 4.57 Å². The molecule has 3 nitrogen and oxygen atoms in total. The molecule has 2 N–H and O–H groups in total. The smallest absolute Gasteiger partial charge is 0.433 e. The summed E-state index contributed by atoms with van der Waals surface area (Å²) in [5, 5.41) is 0. The summed E-state index contributed by atoms with van der Waals surface area (Å²) in [5.74, 6) is 0. The van der Waals surface area contributed by atoms with E-state index in [0.717, 1.165) is 45.7 Å². The Morgan fingerprint density at radius 2 is 1.63 bits per heavy atom. The number of nitrogens with two attached hydrogens (primary N) is 1. The summed E-state index contributed by atoms with van der Waals surface area (Å²) in [6, 6.07) is 7.53. The highest BCUT2D eigenvalue weighted by Gasteiger charge is 2.37. The van der Waals surface area contributed by atoms with E-state index in [-0.39, 0.29) is 0 Å². The van der Waals surface area contributed by atoms with Gasteiger partial charge in [0.25, 0.3) is 0 Å². The maximum Gasteiger partial charge on any atom is 0.609 e. The van der Waals surface area contributed by atoms with Gasteiger partial charge in [-0.25, -0.2) is 0 Å². The average Bonchev–Trinajstić information content (AvgIpc) is 3.07. The van der Waals surface area contributed by atoms with Crippen LogP contribution in [-0.4, -0.2) is 22.2 Å². The van der Waals surface area contributed by atoms with Crippen molar-refractivity contribution in [1.29, 1.82) is 0 Å². The normalized spacial score (nSPS) is 16.3. The Morgan fingerprint density at radius 1 is 1.03 bits per heavy atom. The van der Waals surface area contributed by atoms with E-state index in [0.29, 0.717) is 23.5 Å². The first-order chi connectivity index (χ1) is 14.1. The second-order valence-corrected chi connectivity index (χ2v) is 7.99. The number of halogens is 2. The molecule has 1 aliphatic rings. The van der Waals surface area contributed by atoms with Crippen LogP contribution in [0.2, 0.25) is 0 Å². The lowest BCUT2D eigenvalue weighted by molar-refractivity contribution is -0.343. The highest BCUT2D eigenvalue weighted by Crippen LogP contribution is 2.40. The topological polar surface area (TPSA) is 34.0 Å². The van der Waals surface area contributed by atoms with Crippen LogP contribution in [0.4, 0.5) is 14.3 Å². The fraction of sp³-hybridized carbons (Fsp3) is 0.375. The molecule has 0 unspecified atom stereocenters. The number of benzene rings is 1. The standard InChI is InChI=1S/C24H31BF2N3/c1-8-20-14(3)23(29(7)16(20)5)22(18-10-12-19(28)13-11-18)24-15(4)21(9-2)17(6)30(24)25(26)27/h10-13H,8-9,28H2,1-7H3/b24-22-. The Balaban J connectivity index is 2.52. The van der Waals surface area contributed by atoms with Crippen LogP contribution in [0.5, 0.6) is 0 Å². The first-order valence-corrected chi connectivity index (χ1v) is 10.5. The van der Waals surface area contributed by atoms with E-state index in [9.17, 15) is 8.63 Å². The van der Waals surface area contributed by atoms with Crippen molar-refractivity contribution in [3.8, 4) is 0 Å². The predicted octanol–water partition coefficient (Wildman–Crippen LogP) is 5.68. The van der Waals surface area contributed by atoms with Gasteiger partial charge in [-0.3, -0.25) is 0 Å². The third kappa shape index (κ3) is 3.32. The molecular weight excluding hydrogens is 379 g/mol. The molecule has 0 aliphatic carbocycles. The van der Waals surface area contributed by atoms with Gasteiger partial charge in [0.2, 0.25) is 0 Å². The van der Waals surface area contributed by atoms with Crippen LogP contribution in [0.3, 0.4) is 0 Å². The van der Waals surface area contributed by atoms with Crippen LogP contribution < -0.4 is 5.73 Å². The lowest BCUT2D eigenvalue weighted by Gasteiger charge is -2.19. The number of nitrogen functional groups attached to an aromatic ring is 1. The van der Waals surface area contributed by atoms with Crippen molar-refractivity contribution in [3.05, 3.63) is 69.2 Å². The second-order valence-electron chi connectivity index (χ2n) is 7.99. The van der Waals surface area contributed by atoms with Crippen molar-refractivity contribution >= 4 is 24.4 Å². The summed E-state index contributed by atoms with van der Waals surface area (Å²) in [6.45, 7) is 12.1. The summed E-state index contributed by atoms with van der Waals surface area (Å²) < 4.78 is 32.0. The molecule has 1 aliphatic heterocycles. The number of rotatable bonds is 5. The van der Waals surface area contributed by atoms with Crippen LogP contribution in [0.1, 0.15) is 62.2 Å². The third-order valence-corrected chi connectivity index (χ3v) is 6.51. The zero-order chi connectivity index (χ0) is 22.3. The Labute approximate surface area is 178 Å². The Hall–Kier alpha value is -2.63. The van der Waals surface area contributed by atoms with Gasteiger partial charge in [0, 0.05) is 36.5 Å². The van der Waals surface area contributed by atoms with Gasteiger partial charge in [0.15, 0.2) is 5.70 Å². The molecule has 2 aromatic rings. The SMILES string of the molecule is CCC1=C(C)/C(=C(\c2ccc(N)cc2)c2c(C)c(CC)c(C)n2C)[N+]([B-](F)F)=C1C. The molecule has 159 valence electrons. The van der Waals surface area contributed by atoms with Crippen molar-refractivity contribution in [2.75, 3.05) is 5.73 Å². The van der Waals surface area contributed by atoms with Crippen molar-refractivity contribution in [2.45, 2.75) is 54.4 Å². The van der Waals surface area contributed by atoms with E-state index >= 15 is 0 Å². The predicted molar refractivity (Wildman–Crippen MR) is 123 cm³/mol. The number of nitrogens with zero attached hydrogens (tertiary/aromatic N) is 2. The molecule has 1 aromatic carbocycles. The Bertz CT molecular complexity index is 1090. The fourth-order valence-electron chi connectivity index (χ4n) is 4.93. The molecule has 1 aromatic heterocycles. The summed E-state index contributed by atoms with van der Waals surface area (Å²) in [6.07, 6.45) is 1.61. The number of anilines is 1. The third-order valence-electron chi connectivity index (χ3n) is 6.51. The van der Waals surface area contributed by atoms with E-state index < -0.39 is 7.40 Å². The zero-order valence-electron chi connectivity index (χ0n) is 19.0. The van der Waals surface area contributed by atoms with E-state index in [1.165, 1.54) is 10.0 Å². The van der Waals surface area contributed by atoms with Gasteiger partial charge in [-0.2, -0.15) is 0 Å². The van der Waals surface area contributed by atoms with E-state index in [4.69, 9.17) is 5.73 Å². The summed E-state index contributed by atoms with van der Waals surface area (Å²) in [5.41, 5.74) is 16.0. The van der Waals surface area contributed by atoms with E-state index in [1.54, 1.807) is 6.92 Å². The van der Waals surface area contributed by atoms with Gasteiger partial charge in [-0.1, -0.05) is 26.0 Å². The van der Waals surface area contributed by atoms with Gasteiger partial charge in [-0.15, -0.1) is 0 Å². The minimum atomic E-state index is -2.62. The van der Waals surface area contributed by atoms with Crippen LogP contribution in [-0.2, 0) is 13.5 Å². The fourth-order valence-corrected chi connectivity index (χ4v) is 4.93. The van der Waals surface area contributed by atoms with Gasteiger partial charge in [0.05, 0.1) is 11.3 Å².